The van der Waals surface area contributed by atoms with Gasteiger partial charge in [-0.15, -0.1) is 22.9 Å². The molecule has 0 radical (unpaired) electrons. The number of aryl methyl sites for hydroxylation is 1. The second kappa shape index (κ2) is 41.2. The highest BCUT2D eigenvalue weighted by Crippen LogP contribution is 2.49. The van der Waals surface area contributed by atoms with E-state index in [0.717, 1.165) is 57.7 Å². The standard InChI is InChI=1S/C79H98ClN13O18S/c1-49(2)72(88-67(96)21-30-105-33-35-107-37-38-108-36-34-106-31-23-82-66(95)20-26-92-68(97)18-19-69(92)98)64(94)43-52(9-8-22-83-77(81)102)74(99)84-56-12-10-51(11-13-56)47-110-78(103)89(4)27-28-90(5)79(104)111-65-44-63-71(70-50(3)48-112-73(65)70)55(45-80)46-93(63)76(101)62-42-53-39-57(14-16-59(53)87-62)85-75(100)61-41-54-40-58(15-17-60(54)86-61)109-32-29-91-24-6-7-25-91/h10-19,39-42,44,48-49,52,55,72,86-87H,6-9,20-38,43,45-47H2,1-5H3,(H,82,95)(H,84,99)(H,85,100)(H,88,96)(H3,81,83,102)/t52-,55+,72+/m1/s1. The van der Waals surface area contributed by atoms with Crippen LogP contribution in [0.3, 0.4) is 0 Å². The van der Waals surface area contributed by atoms with Gasteiger partial charge in [-0.2, -0.15) is 0 Å². The summed E-state index contributed by atoms with van der Waals surface area (Å²) in [6, 6.07) is 21.3. The molecule has 9 N–H and O–H groups in total. The predicted molar refractivity (Wildman–Crippen MR) is 422 cm³/mol. The number of ether oxygens (including phenoxy) is 7. The van der Waals surface area contributed by atoms with E-state index in [1.165, 1.54) is 53.2 Å². The first kappa shape index (κ1) is 84.0. The van der Waals surface area contributed by atoms with Crippen LogP contribution in [0.1, 0.15) is 102 Å². The van der Waals surface area contributed by atoms with E-state index < -0.39 is 53.8 Å². The molecule has 10 rings (SSSR count). The maximum atomic E-state index is 14.7. The number of rotatable bonds is 43. The zero-order valence-electron chi connectivity index (χ0n) is 63.6. The average molecular weight is 1590 g/mol. The van der Waals surface area contributed by atoms with Crippen LogP contribution >= 0.6 is 22.9 Å². The summed E-state index contributed by atoms with van der Waals surface area (Å²) in [5.41, 5.74) is 11.3. The number of aromatic nitrogens is 2. The zero-order valence-corrected chi connectivity index (χ0v) is 65.2. The SMILES string of the molecule is Cc1csc2c(OC(=O)N(C)CCN(C)C(=O)OCc3ccc(NC(=O)[C@H](CCCNC(N)=O)CC(=O)[C@@H](NC(=O)CCOCCOCCOCCOCCNC(=O)CCN4C(=O)C=CC4=O)C(C)C)cc3)cc3c(c12)[C@@H](CCl)CN3C(=O)c1cc2cc(NC(=O)c3cc4cc(OCCN5CCCC5)ccc4[nH]3)ccc2[nH]1. The highest BCUT2D eigenvalue weighted by atomic mass is 35.5. The molecule has 3 aliphatic heterocycles. The second-order valence-corrected chi connectivity index (χ2v) is 29.2. The molecule has 1 fully saturated rings. The summed E-state index contributed by atoms with van der Waals surface area (Å²) < 4.78 is 40.5. The Morgan fingerprint density at radius 3 is 2.03 bits per heavy atom. The highest BCUT2D eigenvalue weighted by Gasteiger charge is 2.38. The number of hydrogen-bond donors (Lipinski definition) is 8. The summed E-state index contributed by atoms with van der Waals surface area (Å²) in [6.45, 7) is 11.8. The normalized spacial score (nSPS) is 14.6. The van der Waals surface area contributed by atoms with E-state index in [4.69, 9.17) is 50.5 Å². The van der Waals surface area contributed by atoms with Gasteiger partial charge in [0, 0.05) is 154 Å². The van der Waals surface area contributed by atoms with Crippen molar-refractivity contribution in [1.29, 1.82) is 0 Å². The van der Waals surface area contributed by atoms with E-state index >= 15 is 0 Å². The lowest BCUT2D eigenvalue weighted by molar-refractivity contribution is -0.137. The van der Waals surface area contributed by atoms with Crippen LogP contribution in [0.25, 0.3) is 31.9 Å². The van der Waals surface area contributed by atoms with Crippen molar-refractivity contribution in [3.8, 4) is 11.5 Å². The number of ketones is 1. The molecular formula is C79H98ClN13O18S. The van der Waals surface area contributed by atoms with Crippen LogP contribution in [0.4, 0.5) is 31.4 Å². The summed E-state index contributed by atoms with van der Waals surface area (Å²) in [7, 11) is 3.07. The van der Waals surface area contributed by atoms with Gasteiger partial charge < -0.3 is 90.1 Å². The number of H-pyrrole nitrogens is 2. The van der Waals surface area contributed by atoms with Gasteiger partial charge in [-0.3, -0.25) is 48.2 Å². The number of likely N-dealkylation sites (tertiary alicyclic amines) is 1. The Labute approximate surface area is 657 Å². The van der Waals surface area contributed by atoms with Crippen LogP contribution in [-0.4, -0.2) is 239 Å². The van der Waals surface area contributed by atoms with Crippen LogP contribution in [0, 0.1) is 18.8 Å². The second-order valence-electron chi connectivity index (χ2n) is 28.0. The Morgan fingerprint density at radius 2 is 1.34 bits per heavy atom. The maximum Gasteiger partial charge on any atom is 0.415 e. The molecule has 3 aliphatic rings. The average Bonchev–Trinajstić information content (AvgIpc) is 1.57. The summed E-state index contributed by atoms with van der Waals surface area (Å²) in [6.07, 6.45) is 3.65. The number of Topliss-reactive ketones (excluding diaryl/α,β-unsaturated/α-hetero) is 1. The number of nitrogens with two attached hydrogens (primary N) is 1. The molecule has 0 spiro atoms. The molecule has 112 heavy (non-hydrogen) atoms. The molecule has 3 aromatic heterocycles. The molecule has 4 aromatic carbocycles. The molecule has 1 saturated heterocycles. The topological polar surface area (TPSA) is 386 Å². The van der Waals surface area contributed by atoms with Crippen molar-refractivity contribution in [3.63, 3.8) is 0 Å². The molecule has 0 unspecified atom stereocenters. The molecule has 600 valence electrons. The van der Waals surface area contributed by atoms with Gasteiger partial charge in [-0.25, -0.2) is 14.4 Å². The number of thiophene rings is 1. The minimum absolute atomic E-state index is 0.00585. The number of carbonyl (C=O) groups excluding carboxylic acids is 11. The third kappa shape index (κ3) is 23.6. The summed E-state index contributed by atoms with van der Waals surface area (Å²) in [5, 5.41) is 18.2. The Bertz CT molecular complexity index is 4520. The minimum Gasteiger partial charge on any atom is -0.492 e. The van der Waals surface area contributed by atoms with Crippen LogP contribution < -0.4 is 46.7 Å². The lowest BCUT2D eigenvalue weighted by atomic mass is 9.89. The number of aromatic amines is 2. The molecule has 0 saturated carbocycles. The fourth-order valence-corrected chi connectivity index (χ4v) is 14.5. The maximum absolute atomic E-state index is 14.7. The number of nitrogens with one attached hydrogen (secondary N) is 7. The molecule has 7 aromatic rings. The number of halogens is 1. The molecule has 11 amide bonds. The molecule has 3 atom stereocenters. The van der Waals surface area contributed by atoms with Gasteiger partial charge in [0.05, 0.1) is 69.3 Å². The Kier molecular flexibility index (Phi) is 30.9. The minimum atomic E-state index is -0.913. The highest BCUT2D eigenvalue weighted by molar-refractivity contribution is 7.17. The molecular weight excluding hydrogens is 1490 g/mol. The smallest absolute Gasteiger partial charge is 0.415 e. The number of nitrogens with zero attached hydrogens (tertiary/aromatic N) is 5. The van der Waals surface area contributed by atoms with E-state index in [-0.39, 0.29) is 158 Å². The number of amides is 11. The van der Waals surface area contributed by atoms with Gasteiger partial charge >= 0.3 is 18.2 Å². The van der Waals surface area contributed by atoms with Crippen LogP contribution in [-0.2, 0) is 59.1 Å². The van der Waals surface area contributed by atoms with Crippen molar-refractivity contribution in [2.75, 3.05) is 154 Å². The van der Waals surface area contributed by atoms with Gasteiger partial charge in [0.15, 0.2) is 11.5 Å². The van der Waals surface area contributed by atoms with Gasteiger partial charge in [-0.05, 0) is 134 Å². The van der Waals surface area contributed by atoms with Gasteiger partial charge in [0.1, 0.15) is 30.4 Å². The number of imide groups is 1. The quantitative estimate of drug-likeness (QED) is 0.0101. The van der Waals surface area contributed by atoms with Crippen molar-refractivity contribution in [2.45, 2.75) is 84.3 Å². The van der Waals surface area contributed by atoms with Crippen LogP contribution in [0.15, 0.2) is 96.4 Å². The van der Waals surface area contributed by atoms with Gasteiger partial charge in [-0.1, -0.05) is 26.0 Å². The number of anilines is 3. The lowest BCUT2D eigenvalue weighted by Gasteiger charge is -2.24. The first-order chi connectivity index (χ1) is 54.0. The number of benzene rings is 4. The lowest BCUT2D eigenvalue weighted by Crippen LogP contribution is -2.45. The Hall–Kier alpha value is -10.5. The molecule has 0 bridgehead atoms. The van der Waals surface area contributed by atoms with Crippen molar-refractivity contribution >= 4 is 137 Å². The Balaban J connectivity index is 0.634. The van der Waals surface area contributed by atoms with E-state index in [1.54, 1.807) is 86.5 Å². The number of fused-ring (bicyclic) bond motifs is 5. The zero-order chi connectivity index (χ0) is 79.8. The van der Waals surface area contributed by atoms with E-state index in [1.807, 2.05) is 30.5 Å². The fraction of sp³-hybridized carbons (Fsp3) is 0.456. The van der Waals surface area contributed by atoms with Crippen molar-refractivity contribution in [1.82, 2.24) is 45.5 Å². The number of urea groups is 1. The van der Waals surface area contributed by atoms with Crippen LogP contribution in [0.5, 0.6) is 11.5 Å². The summed E-state index contributed by atoms with van der Waals surface area (Å²) in [4.78, 5) is 157. The summed E-state index contributed by atoms with van der Waals surface area (Å²) >= 11 is 8.07. The number of carbonyl (C=O) groups is 11. The van der Waals surface area contributed by atoms with E-state index in [9.17, 15) is 52.7 Å². The van der Waals surface area contributed by atoms with Crippen molar-refractivity contribution in [2.24, 2.45) is 17.6 Å². The number of hydrogen-bond acceptors (Lipinski definition) is 20. The van der Waals surface area contributed by atoms with Crippen molar-refractivity contribution in [3.05, 3.63) is 124 Å². The largest absolute Gasteiger partial charge is 0.492 e. The van der Waals surface area contributed by atoms with Crippen LogP contribution in [0.2, 0.25) is 0 Å². The first-order valence-electron chi connectivity index (χ1n) is 37.5. The predicted octanol–water partition coefficient (Wildman–Crippen LogP) is 8.57. The number of likely N-dealkylation sites (N-methyl/N-ethyl adjacent to an activating group) is 2. The first-order valence-corrected chi connectivity index (χ1v) is 38.9. The number of primary amides is 1. The van der Waals surface area contributed by atoms with Gasteiger partial charge in [0.2, 0.25) is 17.7 Å². The molecule has 31 nitrogen and oxygen atoms in total. The van der Waals surface area contributed by atoms with Crippen molar-refractivity contribution < 1.29 is 85.9 Å². The Morgan fingerprint density at radius 1 is 0.696 bits per heavy atom. The molecule has 0 aliphatic carbocycles. The van der Waals surface area contributed by atoms with Gasteiger partial charge in [0.25, 0.3) is 23.6 Å². The third-order valence-electron chi connectivity index (χ3n) is 19.3. The fourth-order valence-electron chi connectivity index (χ4n) is 13.2. The monoisotopic (exact) mass is 1580 g/mol. The molecule has 33 heteroatoms. The summed E-state index contributed by atoms with van der Waals surface area (Å²) in [5.74, 6) is -3.30. The third-order valence-corrected chi connectivity index (χ3v) is 20.8. The van der Waals surface area contributed by atoms with E-state index in [2.05, 4.69) is 41.5 Å². The number of alkyl halides is 1. The van der Waals surface area contributed by atoms with E-state index in [0.29, 0.717) is 75.9 Å². The molecule has 6 heterocycles.